The number of para-hydroxylation sites is 1. The Balaban J connectivity index is 1.77. The molecule has 28 heavy (non-hydrogen) atoms. The van der Waals surface area contributed by atoms with Gasteiger partial charge in [0.25, 0.3) is 5.56 Å². The van der Waals surface area contributed by atoms with Crippen LogP contribution in [-0.2, 0) is 16.6 Å². The monoisotopic (exact) mass is 381 g/mol. The summed E-state index contributed by atoms with van der Waals surface area (Å²) in [5, 5.41) is 5.78. The number of rotatable bonds is 3. The van der Waals surface area contributed by atoms with E-state index in [0.717, 1.165) is 16.3 Å². The van der Waals surface area contributed by atoms with E-state index in [1.807, 2.05) is 35.8 Å². The van der Waals surface area contributed by atoms with Gasteiger partial charge in [-0.1, -0.05) is 18.2 Å². The molecule has 0 spiro atoms. The number of hydrogen-bond acceptors (Lipinski definition) is 4. The Bertz CT molecular complexity index is 1140. The first-order valence-corrected chi connectivity index (χ1v) is 9.43. The Hall–Kier alpha value is -3.16. The summed E-state index contributed by atoms with van der Waals surface area (Å²) in [5.41, 5.74) is 6.46. The number of primary amides is 1. The van der Waals surface area contributed by atoms with Crippen molar-refractivity contribution in [3.8, 4) is 0 Å². The summed E-state index contributed by atoms with van der Waals surface area (Å²) in [6.07, 6.45) is 2.82. The molecule has 1 saturated heterocycles. The number of hydrogen-bond donors (Lipinski definition) is 1. The van der Waals surface area contributed by atoms with Crippen LogP contribution < -0.4 is 11.3 Å². The SMILES string of the molecule is CC(C(=O)N1CCC(C(N)=O)CC1)n1c2ccccc2c2cnn(C)c(=O)c21. The van der Waals surface area contributed by atoms with E-state index in [0.29, 0.717) is 31.4 Å². The number of nitrogens with zero attached hydrogens (tertiary/aromatic N) is 4. The second-order valence-corrected chi connectivity index (χ2v) is 7.40. The van der Waals surface area contributed by atoms with Gasteiger partial charge >= 0.3 is 0 Å². The van der Waals surface area contributed by atoms with Gasteiger partial charge in [0.05, 0.1) is 11.7 Å². The molecule has 2 N–H and O–H groups in total. The first-order chi connectivity index (χ1) is 13.4. The number of carbonyl (C=O) groups excluding carboxylic acids is 2. The lowest BCUT2D eigenvalue weighted by atomic mass is 9.96. The van der Waals surface area contributed by atoms with Gasteiger partial charge in [-0.2, -0.15) is 5.10 Å². The van der Waals surface area contributed by atoms with Crippen molar-refractivity contribution in [1.29, 1.82) is 0 Å². The highest BCUT2D eigenvalue weighted by molar-refractivity contribution is 6.08. The second kappa shape index (κ2) is 6.78. The number of amides is 2. The summed E-state index contributed by atoms with van der Waals surface area (Å²) in [6.45, 7) is 2.80. The smallest absolute Gasteiger partial charge is 0.291 e. The molecule has 1 atom stereocenters. The fraction of sp³-hybridized carbons (Fsp3) is 0.400. The predicted molar refractivity (Wildman–Crippen MR) is 106 cm³/mol. The molecule has 146 valence electrons. The van der Waals surface area contributed by atoms with Crippen LogP contribution in [0.15, 0.2) is 35.3 Å². The van der Waals surface area contributed by atoms with Crippen LogP contribution in [0.2, 0.25) is 0 Å². The molecule has 0 saturated carbocycles. The average molecular weight is 381 g/mol. The molecule has 3 aromatic rings. The molecule has 4 rings (SSSR count). The zero-order valence-electron chi connectivity index (χ0n) is 16.0. The predicted octanol–water partition coefficient (Wildman–Crippen LogP) is 1.17. The normalized spacial score (nSPS) is 16.6. The lowest BCUT2D eigenvalue weighted by molar-refractivity contribution is -0.137. The van der Waals surface area contributed by atoms with Crippen LogP contribution in [-0.4, -0.2) is 44.2 Å². The van der Waals surface area contributed by atoms with Crippen LogP contribution in [0.3, 0.4) is 0 Å². The van der Waals surface area contributed by atoms with Crippen molar-refractivity contribution in [2.45, 2.75) is 25.8 Å². The fourth-order valence-electron chi connectivity index (χ4n) is 4.15. The van der Waals surface area contributed by atoms with E-state index in [9.17, 15) is 14.4 Å². The van der Waals surface area contributed by atoms with Crippen LogP contribution in [0.4, 0.5) is 0 Å². The zero-order valence-corrected chi connectivity index (χ0v) is 16.0. The maximum Gasteiger partial charge on any atom is 0.291 e. The van der Waals surface area contributed by atoms with E-state index in [-0.39, 0.29) is 23.3 Å². The molecule has 1 aliphatic heterocycles. The van der Waals surface area contributed by atoms with E-state index < -0.39 is 6.04 Å². The lowest BCUT2D eigenvalue weighted by Gasteiger charge is -2.33. The van der Waals surface area contributed by atoms with Crippen LogP contribution >= 0.6 is 0 Å². The summed E-state index contributed by atoms with van der Waals surface area (Å²) in [6, 6.07) is 7.10. The van der Waals surface area contributed by atoms with Gasteiger partial charge < -0.3 is 15.2 Å². The largest absolute Gasteiger partial charge is 0.369 e. The van der Waals surface area contributed by atoms with Gasteiger partial charge in [-0.05, 0) is 25.8 Å². The molecule has 8 heteroatoms. The number of likely N-dealkylation sites (tertiary alicyclic amines) is 1. The van der Waals surface area contributed by atoms with Crippen molar-refractivity contribution in [1.82, 2.24) is 19.2 Å². The van der Waals surface area contributed by atoms with Gasteiger partial charge in [0.2, 0.25) is 11.8 Å². The second-order valence-electron chi connectivity index (χ2n) is 7.40. The Morgan fingerprint density at radius 1 is 1.18 bits per heavy atom. The third-order valence-electron chi connectivity index (χ3n) is 5.76. The van der Waals surface area contributed by atoms with Crippen molar-refractivity contribution in [2.24, 2.45) is 18.7 Å². The van der Waals surface area contributed by atoms with Crippen LogP contribution in [0, 0.1) is 5.92 Å². The topological polar surface area (TPSA) is 103 Å². The number of nitrogens with two attached hydrogens (primary N) is 1. The van der Waals surface area contributed by atoms with Crippen molar-refractivity contribution in [3.63, 3.8) is 0 Å². The van der Waals surface area contributed by atoms with E-state index in [1.165, 1.54) is 4.68 Å². The van der Waals surface area contributed by atoms with E-state index in [2.05, 4.69) is 5.10 Å². The molecule has 1 fully saturated rings. The highest BCUT2D eigenvalue weighted by atomic mass is 16.2. The minimum Gasteiger partial charge on any atom is -0.369 e. The Labute approximate surface area is 161 Å². The summed E-state index contributed by atoms with van der Waals surface area (Å²) in [4.78, 5) is 39.2. The number of piperidine rings is 1. The van der Waals surface area contributed by atoms with Gasteiger partial charge in [0, 0.05) is 36.8 Å². The molecule has 1 aliphatic rings. The third-order valence-corrected chi connectivity index (χ3v) is 5.76. The van der Waals surface area contributed by atoms with Gasteiger partial charge in [-0.25, -0.2) is 4.68 Å². The van der Waals surface area contributed by atoms with E-state index >= 15 is 0 Å². The number of benzene rings is 1. The zero-order chi connectivity index (χ0) is 20.0. The summed E-state index contributed by atoms with van der Waals surface area (Å²) in [5.74, 6) is -0.547. The van der Waals surface area contributed by atoms with Crippen molar-refractivity contribution in [3.05, 3.63) is 40.8 Å². The highest BCUT2D eigenvalue weighted by Crippen LogP contribution is 2.30. The molecule has 8 nitrogen and oxygen atoms in total. The van der Waals surface area contributed by atoms with Crippen molar-refractivity contribution < 1.29 is 9.59 Å². The van der Waals surface area contributed by atoms with Crippen LogP contribution in [0.5, 0.6) is 0 Å². The molecule has 3 heterocycles. The molecule has 0 aliphatic carbocycles. The standard InChI is InChI=1S/C20H23N5O3/c1-12(19(27)24-9-7-13(8-10-24)18(21)26)25-16-6-4-3-5-14(16)15-11-22-23(2)20(28)17(15)25/h3-6,11-13H,7-10H2,1-2H3,(H2,21,26). The first-order valence-electron chi connectivity index (χ1n) is 9.43. The molecule has 1 unspecified atom stereocenters. The van der Waals surface area contributed by atoms with Gasteiger partial charge in [-0.15, -0.1) is 0 Å². The van der Waals surface area contributed by atoms with Gasteiger partial charge in [0.1, 0.15) is 11.6 Å². The Morgan fingerprint density at radius 2 is 1.86 bits per heavy atom. The number of aromatic nitrogens is 3. The molecule has 2 aromatic heterocycles. The quantitative estimate of drug-likeness (QED) is 0.735. The third kappa shape index (κ3) is 2.76. The maximum atomic E-state index is 13.2. The average Bonchev–Trinajstić information content (AvgIpc) is 3.04. The first kappa shape index (κ1) is 18.2. The fourth-order valence-corrected chi connectivity index (χ4v) is 4.15. The van der Waals surface area contributed by atoms with Gasteiger partial charge in [0.15, 0.2) is 0 Å². The van der Waals surface area contributed by atoms with Crippen molar-refractivity contribution >= 4 is 33.6 Å². The summed E-state index contributed by atoms with van der Waals surface area (Å²) < 4.78 is 3.10. The molecular weight excluding hydrogens is 358 g/mol. The molecule has 2 amide bonds. The van der Waals surface area contributed by atoms with Gasteiger partial charge in [-0.3, -0.25) is 14.4 Å². The van der Waals surface area contributed by atoms with E-state index in [4.69, 9.17) is 5.73 Å². The number of aryl methyl sites for hydroxylation is 1. The lowest BCUT2D eigenvalue weighted by Crippen LogP contribution is -2.44. The number of carbonyl (C=O) groups is 2. The maximum absolute atomic E-state index is 13.2. The minimum atomic E-state index is -0.553. The van der Waals surface area contributed by atoms with Crippen LogP contribution in [0.1, 0.15) is 25.8 Å². The Kier molecular flexibility index (Phi) is 4.41. The molecule has 0 radical (unpaired) electrons. The summed E-state index contributed by atoms with van der Waals surface area (Å²) in [7, 11) is 1.60. The summed E-state index contributed by atoms with van der Waals surface area (Å²) >= 11 is 0. The molecular formula is C20H23N5O3. The Morgan fingerprint density at radius 3 is 2.54 bits per heavy atom. The molecule has 0 bridgehead atoms. The van der Waals surface area contributed by atoms with Crippen LogP contribution in [0.25, 0.3) is 21.8 Å². The van der Waals surface area contributed by atoms with E-state index in [1.54, 1.807) is 18.1 Å². The minimum absolute atomic E-state index is 0.0653. The molecule has 1 aromatic carbocycles. The van der Waals surface area contributed by atoms with Crippen molar-refractivity contribution in [2.75, 3.05) is 13.1 Å². The highest BCUT2D eigenvalue weighted by Gasteiger charge is 2.30. The number of fused-ring (bicyclic) bond motifs is 3.